The molecule has 166 valence electrons. The average molecular weight is 403 g/mol. The summed E-state index contributed by atoms with van der Waals surface area (Å²) in [5, 5.41) is 0. The van der Waals surface area contributed by atoms with E-state index in [1.807, 2.05) is 6.07 Å². The highest BCUT2D eigenvalue weighted by atomic mass is 16.5. The Morgan fingerprint density at radius 3 is 1.66 bits per heavy atom. The van der Waals surface area contributed by atoms with Gasteiger partial charge in [0.05, 0.1) is 6.61 Å². The van der Waals surface area contributed by atoms with Crippen LogP contribution in [0.4, 0.5) is 0 Å². The molecule has 0 fully saturated rings. The van der Waals surface area contributed by atoms with Crippen molar-refractivity contribution in [3.05, 3.63) is 35.9 Å². The first kappa shape index (κ1) is 25.7. The molecule has 0 amide bonds. The maximum Gasteiger partial charge on any atom is 0.305 e. The van der Waals surface area contributed by atoms with Gasteiger partial charge in [0, 0.05) is 6.42 Å². The van der Waals surface area contributed by atoms with Gasteiger partial charge in [-0.2, -0.15) is 0 Å². The Balaban J connectivity index is 1.75. The maximum absolute atomic E-state index is 11.8. The van der Waals surface area contributed by atoms with Crippen LogP contribution in [0.15, 0.2) is 30.3 Å². The zero-order chi connectivity index (χ0) is 20.8. The number of rotatable bonds is 20. The summed E-state index contributed by atoms with van der Waals surface area (Å²) in [5.74, 6) is -0.0206. The molecule has 0 N–H and O–H groups in total. The number of esters is 1. The van der Waals surface area contributed by atoms with Crippen molar-refractivity contribution >= 4 is 5.97 Å². The van der Waals surface area contributed by atoms with Crippen molar-refractivity contribution in [3.8, 4) is 0 Å². The molecule has 0 aliphatic carbocycles. The number of aryl methyl sites for hydroxylation is 1. The Morgan fingerprint density at radius 2 is 1.14 bits per heavy atom. The second-order valence-electron chi connectivity index (χ2n) is 8.51. The van der Waals surface area contributed by atoms with Crippen LogP contribution in [0.25, 0.3) is 0 Å². The maximum atomic E-state index is 11.8. The number of unbranched alkanes of at least 4 members (excludes halogenated alkanes) is 14. The van der Waals surface area contributed by atoms with Gasteiger partial charge in [-0.25, -0.2) is 0 Å². The molecule has 1 aromatic carbocycles. The molecule has 0 aromatic heterocycles. The van der Waals surface area contributed by atoms with E-state index in [4.69, 9.17) is 4.74 Å². The zero-order valence-electron chi connectivity index (χ0n) is 19.1. The molecule has 0 spiro atoms. The first-order chi connectivity index (χ1) is 14.3. The van der Waals surface area contributed by atoms with Crippen LogP contribution in [0.3, 0.4) is 0 Å². The minimum Gasteiger partial charge on any atom is -0.466 e. The molecular formula is C27H46O2. The summed E-state index contributed by atoms with van der Waals surface area (Å²) in [6.45, 7) is 2.83. The van der Waals surface area contributed by atoms with E-state index in [9.17, 15) is 4.79 Å². The summed E-state index contributed by atoms with van der Waals surface area (Å²) < 4.78 is 5.34. The third kappa shape index (κ3) is 17.3. The van der Waals surface area contributed by atoms with Crippen LogP contribution in [-0.4, -0.2) is 12.6 Å². The number of benzene rings is 1. The topological polar surface area (TPSA) is 26.3 Å². The number of ether oxygens (including phenoxy) is 1. The first-order valence-electron chi connectivity index (χ1n) is 12.5. The predicted molar refractivity (Wildman–Crippen MR) is 125 cm³/mol. The Hall–Kier alpha value is -1.31. The molecule has 2 nitrogen and oxygen atoms in total. The Bertz CT molecular complexity index is 469. The second-order valence-corrected chi connectivity index (χ2v) is 8.51. The normalized spacial score (nSPS) is 10.9. The lowest BCUT2D eigenvalue weighted by atomic mass is 10.0. The van der Waals surface area contributed by atoms with Crippen molar-refractivity contribution in [2.24, 2.45) is 0 Å². The minimum absolute atomic E-state index is 0.0206. The van der Waals surface area contributed by atoms with Gasteiger partial charge in [0.25, 0.3) is 0 Å². The van der Waals surface area contributed by atoms with Gasteiger partial charge >= 0.3 is 5.97 Å². The van der Waals surface area contributed by atoms with Crippen LogP contribution in [0.1, 0.15) is 122 Å². The molecular weight excluding hydrogens is 356 g/mol. The Morgan fingerprint density at radius 1 is 0.655 bits per heavy atom. The lowest BCUT2D eigenvalue weighted by molar-refractivity contribution is -0.143. The molecule has 0 aliphatic rings. The fourth-order valence-electron chi connectivity index (χ4n) is 3.82. The van der Waals surface area contributed by atoms with Crippen LogP contribution in [0.2, 0.25) is 0 Å². The molecule has 29 heavy (non-hydrogen) atoms. The molecule has 0 radical (unpaired) electrons. The van der Waals surface area contributed by atoms with Crippen LogP contribution in [0, 0.1) is 0 Å². The van der Waals surface area contributed by atoms with Crippen molar-refractivity contribution in [2.75, 3.05) is 6.61 Å². The second kappa shape index (κ2) is 20.0. The van der Waals surface area contributed by atoms with E-state index in [2.05, 4.69) is 31.2 Å². The molecule has 0 aliphatic heterocycles. The Kier molecular flexibility index (Phi) is 17.7. The third-order valence-corrected chi connectivity index (χ3v) is 5.70. The molecule has 1 rings (SSSR count). The summed E-state index contributed by atoms with van der Waals surface area (Å²) in [6, 6.07) is 10.4. The van der Waals surface area contributed by atoms with Gasteiger partial charge in [-0.1, -0.05) is 127 Å². The Labute approximate surface area is 180 Å². The van der Waals surface area contributed by atoms with E-state index < -0.39 is 0 Å². The van der Waals surface area contributed by atoms with Gasteiger partial charge in [0.15, 0.2) is 0 Å². The van der Waals surface area contributed by atoms with Gasteiger partial charge in [0.1, 0.15) is 0 Å². The van der Waals surface area contributed by atoms with E-state index in [0.717, 1.165) is 25.7 Å². The number of hydrogen-bond donors (Lipinski definition) is 0. The SMILES string of the molecule is CCCCCCCCCCCCCCCCCC(=O)OCCCc1ccccc1. The lowest BCUT2D eigenvalue weighted by Crippen LogP contribution is -2.06. The van der Waals surface area contributed by atoms with Crippen molar-refractivity contribution in [1.82, 2.24) is 0 Å². The molecule has 0 heterocycles. The quantitative estimate of drug-likeness (QED) is 0.161. The molecule has 0 saturated carbocycles. The fraction of sp³-hybridized carbons (Fsp3) is 0.741. The monoisotopic (exact) mass is 402 g/mol. The van der Waals surface area contributed by atoms with Gasteiger partial charge < -0.3 is 4.74 Å². The zero-order valence-corrected chi connectivity index (χ0v) is 19.1. The number of hydrogen-bond acceptors (Lipinski definition) is 2. The summed E-state index contributed by atoms with van der Waals surface area (Å²) in [5.41, 5.74) is 1.31. The van der Waals surface area contributed by atoms with E-state index in [-0.39, 0.29) is 5.97 Å². The molecule has 1 aromatic rings. The van der Waals surface area contributed by atoms with Gasteiger partial charge in [-0.3, -0.25) is 4.79 Å². The molecule has 0 atom stereocenters. The van der Waals surface area contributed by atoms with Crippen LogP contribution < -0.4 is 0 Å². The van der Waals surface area contributed by atoms with Gasteiger partial charge in [0.2, 0.25) is 0 Å². The van der Waals surface area contributed by atoms with Gasteiger partial charge in [-0.05, 0) is 24.8 Å². The molecule has 0 bridgehead atoms. The van der Waals surface area contributed by atoms with Gasteiger partial charge in [-0.15, -0.1) is 0 Å². The highest BCUT2D eigenvalue weighted by molar-refractivity contribution is 5.69. The fourth-order valence-corrected chi connectivity index (χ4v) is 3.82. The number of carbonyl (C=O) groups excluding carboxylic acids is 1. The van der Waals surface area contributed by atoms with E-state index in [1.165, 1.54) is 89.0 Å². The standard InChI is InChI=1S/C27H46O2/c1-2-3-4-5-6-7-8-9-10-11-12-13-14-15-19-24-27(28)29-25-20-23-26-21-17-16-18-22-26/h16-18,21-22H,2-15,19-20,23-25H2,1H3. The van der Waals surface area contributed by atoms with E-state index in [1.54, 1.807) is 0 Å². The summed E-state index contributed by atoms with van der Waals surface area (Å²) >= 11 is 0. The summed E-state index contributed by atoms with van der Waals surface area (Å²) in [6.07, 6.45) is 22.7. The van der Waals surface area contributed by atoms with Crippen molar-refractivity contribution < 1.29 is 9.53 Å². The van der Waals surface area contributed by atoms with Crippen LogP contribution in [-0.2, 0) is 16.0 Å². The molecule has 2 heteroatoms. The van der Waals surface area contributed by atoms with Crippen LogP contribution in [0.5, 0.6) is 0 Å². The third-order valence-electron chi connectivity index (χ3n) is 5.70. The molecule has 0 saturated heterocycles. The average Bonchev–Trinajstić information content (AvgIpc) is 2.75. The van der Waals surface area contributed by atoms with Crippen molar-refractivity contribution in [2.45, 2.75) is 122 Å². The van der Waals surface area contributed by atoms with Crippen LogP contribution >= 0.6 is 0 Å². The highest BCUT2D eigenvalue weighted by Gasteiger charge is 2.03. The predicted octanol–water partition coefficient (Wildman–Crippen LogP) is 8.42. The lowest BCUT2D eigenvalue weighted by Gasteiger charge is -2.05. The largest absolute Gasteiger partial charge is 0.466 e. The molecule has 0 unspecified atom stereocenters. The van der Waals surface area contributed by atoms with Crippen molar-refractivity contribution in [1.29, 1.82) is 0 Å². The first-order valence-corrected chi connectivity index (χ1v) is 12.5. The number of carbonyl (C=O) groups is 1. The summed E-state index contributed by atoms with van der Waals surface area (Å²) in [4.78, 5) is 11.8. The van der Waals surface area contributed by atoms with E-state index >= 15 is 0 Å². The summed E-state index contributed by atoms with van der Waals surface area (Å²) in [7, 11) is 0. The smallest absolute Gasteiger partial charge is 0.305 e. The van der Waals surface area contributed by atoms with E-state index in [0.29, 0.717) is 13.0 Å². The van der Waals surface area contributed by atoms with Crippen molar-refractivity contribution in [3.63, 3.8) is 0 Å². The highest BCUT2D eigenvalue weighted by Crippen LogP contribution is 2.14. The minimum atomic E-state index is -0.0206.